The van der Waals surface area contributed by atoms with Crippen molar-refractivity contribution in [3.63, 3.8) is 0 Å². The average Bonchev–Trinajstić information content (AvgIpc) is 2.69. The molecule has 1 aliphatic carbocycles. The lowest BCUT2D eigenvalue weighted by Crippen LogP contribution is -2.61. The molecule has 2 aliphatic heterocycles. The van der Waals surface area contributed by atoms with E-state index < -0.39 is 5.60 Å². The van der Waals surface area contributed by atoms with Crippen LogP contribution in [0.3, 0.4) is 0 Å². The van der Waals surface area contributed by atoms with Gasteiger partial charge in [0.15, 0.2) is 0 Å². The molecule has 6 nitrogen and oxygen atoms in total. The molecule has 0 aromatic heterocycles. The van der Waals surface area contributed by atoms with Gasteiger partial charge in [-0.2, -0.15) is 0 Å². The van der Waals surface area contributed by atoms with Crippen molar-refractivity contribution in [1.82, 2.24) is 9.80 Å². The van der Waals surface area contributed by atoms with Gasteiger partial charge in [0.25, 0.3) is 0 Å². The van der Waals surface area contributed by atoms with Gasteiger partial charge in [0, 0.05) is 19.0 Å². The molecule has 0 aromatic rings. The van der Waals surface area contributed by atoms with Gasteiger partial charge in [-0.25, -0.2) is 0 Å². The van der Waals surface area contributed by atoms with Gasteiger partial charge in [-0.05, 0) is 25.7 Å². The van der Waals surface area contributed by atoms with Crippen molar-refractivity contribution < 1.29 is 19.1 Å². The van der Waals surface area contributed by atoms with Gasteiger partial charge < -0.3 is 19.3 Å². The van der Waals surface area contributed by atoms with Crippen LogP contribution in [-0.4, -0.2) is 73.2 Å². The van der Waals surface area contributed by atoms with E-state index in [0.717, 1.165) is 12.8 Å². The first-order chi connectivity index (χ1) is 10.5. The smallest absolute Gasteiger partial charge is 0.248 e. The van der Waals surface area contributed by atoms with Gasteiger partial charge in [0.1, 0.15) is 12.2 Å². The van der Waals surface area contributed by atoms with E-state index in [1.807, 2.05) is 11.8 Å². The van der Waals surface area contributed by atoms with E-state index in [0.29, 0.717) is 45.3 Å². The summed E-state index contributed by atoms with van der Waals surface area (Å²) in [4.78, 5) is 28.2. The van der Waals surface area contributed by atoms with Crippen molar-refractivity contribution in [1.29, 1.82) is 0 Å². The van der Waals surface area contributed by atoms with E-state index in [-0.39, 0.29) is 24.3 Å². The Morgan fingerprint density at radius 2 is 2.14 bits per heavy atom. The Bertz CT molecular complexity index is 449. The fraction of sp³-hybridized carbons (Fsp3) is 0.875. The lowest BCUT2D eigenvalue weighted by Gasteiger charge is -2.44. The number of hydrogen-bond donors (Lipinski definition) is 0. The molecular weight excluding hydrogens is 284 g/mol. The molecule has 3 aliphatic rings. The van der Waals surface area contributed by atoms with Gasteiger partial charge in [-0.1, -0.05) is 6.92 Å². The van der Waals surface area contributed by atoms with Crippen molar-refractivity contribution in [3.05, 3.63) is 0 Å². The van der Waals surface area contributed by atoms with Crippen LogP contribution < -0.4 is 0 Å². The second-order valence-electron chi connectivity index (χ2n) is 6.97. The Morgan fingerprint density at radius 1 is 1.36 bits per heavy atom. The third-order valence-electron chi connectivity index (χ3n) is 5.10. The Morgan fingerprint density at radius 3 is 2.82 bits per heavy atom. The molecule has 2 saturated heterocycles. The largest absolute Gasteiger partial charge is 0.376 e. The van der Waals surface area contributed by atoms with E-state index >= 15 is 0 Å². The summed E-state index contributed by atoms with van der Waals surface area (Å²) in [7, 11) is 0. The lowest BCUT2D eigenvalue weighted by atomic mass is 9.75. The van der Waals surface area contributed by atoms with Crippen LogP contribution in [0.4, 0.5) is 0 Å². The molecular formula is C16H26N2O4. The molecule has 0 bridgehead atoms. The molecule has 2 amide bonds. The fourth-order valence-electron chi connectivity index (χ4n) is 3.71. The molecule has 1 spiro atoms. The number of hydrogen-bond acceptors (Lipinski definition) is 4. The highest BCUT2D eigenvalue weighted by Gasteiger charge is 2.45. The first-order valence-corrected chi connectivity index (χ1v) is 8.31. The van der Waals surface area contributed by atoms with Crippen LogP contribution in [0, 0.1) is 11.8 Å². The Hall–Kier alpha value is -1.14. The third-order valence-corrected chi connectivity index (χ3v) is 5.10. The molecule has 3 rings (SSSR count). The lowest BCUT2D eigenvalue weighted by molar-refractivity contribution is -0.174. The van der Waals surface area contributed by atoms with E-state index in [9.17, 15) is 9.59 Å². The summed E-state index contributed by atoms with van der Waals surface area (Å²) in [5.74, 6) is 1.07. The van der Waals surface area contributed by atoms with Gasteiger partial charge in [-0.3, -0.25) is 9.59 Å². The van der Waals surface area contributed by atoms with Gasteiger partial charge in [0.05, 0.1) is 26.3 Å². The van der Waals surface area contributed by atoms with Crippen LogP contribution >= 0.6 is 0 Å². The topological polar surface area (TPSA) is 59.1 Å². The summed E-state index contributed by atoms with van der Waals surface area (Å²) in [6, 6.07) is 0. The standard InChI is InChI=1S/C16H26N2O4/c1-3-17-9-16(22-8-14(17)19)10-18(4-5-21-11-16)15(20)13-6-12(2)7-13/h12-13H,3-11H2,1-2H3. The fourth-order valence-corrected chi connectivity index (χ4v) is 3.71. The van der Waals surface area contributed by atoms with Gasteiger partial charge >= 0.3 is 0 Å². The highest BCUT2D eigenvalue weighted by Crippen LogP contribution is 2.35. The highest BCUT2D eigenvalue weighted by molar-refractivity contribution is 5.80. The van der Waals surface area contributed by atoms with E-state index in [4.69, 9.17) is 9.47 Å². The first kappa shape index (κ1) is 15.7. The van der Waals surface area contributed by atoms with Crippen LogP contribution in [0.5, 0.6) is 0 Å². The average molecular weight is 310 g/mol. The van der Waals surface area contributed by atoms with Crippen molar-refractivity contribution in [2.75, 3.05) is 46.0 Å². The zero-order valence-electron chi connectivity index (χ0n) is 13.5. The van der Waals surface area contributed by atoms with E-state index in [1.165, 1.54) is 0 Å². The SMILES string of the molecule is CCN1CC2(COCCN(C(=O)C3CC(C)C3)C2)OCC1=O. The molecule has 6 heteroatoms. The predicted octanol–water partition coefficient (Wildman–Crippen LogP) is 0.509. The predicted molar refractivity (Wildman–Crippen MR) is 80.2 cm³/mol. The van der Waals surface area contributed by atoms with Crippen LogP contribution in [0.1, 0.15) is 26.7 Å². The number of carbonyl (C=O) groups is 2. The molecule has 124 valence electrons. The van der Waals surface area contributed by atoms with Crippen molar-refractivity contribution in [2.24, 2.45) is 11.8 Å². The van der Waals surface area contributed by atoms with Crippen molar-refractivity contribution >= 4 is 11.8 Å². The molecule has 1 saturated carbocycles. The maximum atomic E-state index is 12.7. The second-order valence-corrected chi connectivity index (χ2v) is 6.97. The molecule has 2 heterocycles. The molecule has 0 radical (unpaired) electrons. The molecule has 0 aromatic carbocycles. The molecule has 22 heavy (non-hydrogen) atoms. The Balaban J connectivity index is 1.69. The highest BCUT2D eigenvalue weighted by atomic mass is 16.6. The van der Waals surface area contributed by atoms with Gasteiger partial charge in [-0.15, -0.1) is 0 Å². The minimum Gasteiger partial charge on any atom is -0.376 e. The molecule has 0 N–H and O–H groups in total. The number of morpholine rings is 1. The van der Waals surface area contributed by atoms with E-state index in [2.05, 4.69) is 6.92 Å². The summed E-state index contributed by atoms with van der Waals surface area (Å²) in [5.41, 5.74) is -0.564. The van der Waals surface area contributed by atoms with E-state index in [1.54, 1.807) is 4.90 Å². The van der Waals surface area contributed by atoms with Crippen LogP contribution in [0.25, 0.3) is 0 Å². The summed E-state index contributed by atoms with van der Waals surface area (Å²) in [6.45, 7) is 7.54. The normalized spacial score (nSPS) is 36.2. The number of likely N-dealkylation sites (N-methyl/N-ethyl adjacent to an activating group) is 1. The minimum atomic E-state index is -0.564. The van der Waals surface area contributed by atoms with Gasteiger partial charge in [0.2, 0.25) is 11.8 Å². The first-order valence-electron chi connectivity index (χ1n) is 8.31. The van der Waals surface area contributed by atoms with Crippen molar-refractivity contribution in [2.45, 2.75) is 32.3 Å². The summed E-state index contributed by atoms with van der Waals surface area (Å²) >= 11 is 0. The van der Waals surface area contributed by atoms with Crippen molar-refractivity contribution in [3.8, 4) is 0 Å². The number of ether oxygens (including phenoxy) is 2. The Kier molecular flexibility index (Phi) is 4.41. The zero-order valence-corrected chi connectivity index (χ0v) is 13.5. The minimum absolute atomic E-state index is 0.0167. The Labute approximate surface area is 131 Å². The van der Waals surface area contributed by atoms with Crippen LogP contribution in [0.2, 0.25) is 0 Å². The summed E-state index contributed by atoms with van der Waals surface area (Å²) in [6.07, 6.45) is 1.98. The number of amides is 2. The number of nitrogens with zero attached hydrogens (tertiary/aromatic N) is 2. The number of carbonyl (C=O) groups excluding carboxylic acids is 2. The quantitative estimate of drug-likeness (QED) is 0.746. The molecule has 1 atom stereocenters. The third kappa shape index (κ3) is 2.99. The zero-order chi connectivity index (χ0) is 15.7. The second kappa shape index (κ2) is 6.16. The maximum Gasteiger partial charge on any atom is 0.248 e. The maximum absolute atomic E-state index is 12.7. The number of rotatable bonds is 2. The molecule has 1 unspecified atom stereocenters. The van der Waals surface area contributed by atoms with Crippen LogP contribution in [0.15, 0.2) is 0 Å². The molecule has 3 fully saturated rings. The van der Waals surface area contributed by atoms with Crippen LogP contribution in [-0.2, 0) is 19.1 Å². The summed E-state index contributed by atoms with van der Waals surface area (Å²) < 4.78 is 11.5. The monoisotopic (exact) mass is 310 g/mol. The summed E-state index contributed by atoms with van der Waals surface area (Å²) in [5, 5.41) is 0.